The van der Waals surface area contributed by atoms with Crippen LogP contribution in [0, 0.1) is 34.5 Å². The number of rotatable bonds is 1. The van der Waals surface area contributed by atoms with Crippen molar-refractivity contribution in [3.05, 3.63) is 12.2 Å². The fourth-order valence-corrected chi connectivity index (χ4v) is 3.48. The Balaban J connectivity index is 2.36. The van der Waals surface area contributed by atoms with Gasteiger partial charge in [-0.1, -0.05) is 19.1 Å². The summed E-state index contributed by atoms with van der Waals surface area (Å²) in [7, 11) is 0. The number of hydrogen-bond donors (Lipinski definition) is 1. The number of hydrogen-bond acceptors (Lipinski definition) is 2. The van der Waals surface area contributed by atoms with Gasteiger partial charge in [-0.25, -0.2) is 0 Å². The summed E-state index contributed by atoms with van der Waals surface area (Å²) in [6.07, 6.45) is 1.62. The van der Waals surface area contributed by atoms with Crippen LogP contribution in [0.2, 0.25) is 0 Å². The summed E-state index contributed by atoms with van der Waals surface area (Å²) in [5, 5.41) is 19.2. The van der Waals surface area contributed by atoms with Crippen molar-refractivity contribution in [1.29, 1.82) is 5.26 Å². The van der Waals surface area contributed by atoms with Crippen molar-refractivity contribution < 1.29 is 5.11 Å². The summed E-state index contributed by atoms with van der Waals surface area (Å²) in [5.74, 6) is 0.904. The topological polar surface area (TPSA) is 44.0 Å². The van der Waals surface area contributed by atoms with Gasteiger partial charge < -0.3 is 5.11 Å². The first-order chi connectivity index (χ1) is 6.53. The lowest BCUT2D eigenvalue weighted by Gasteiger charge is -2.37. The molecule has 2 nitrogen and oxygen atoms in total. The molecule has 0 aliphatic heterocycles. The van der Waals surface area contributed by atoms with E-state index in [9.17, 15) is 10.4 Å². The van der Waals surface area contributed by atoms with E-state index in [1.165, 1.54) is 0 Å². The Labute approximate surface area is 85.2 Å². The van der Waals surface area contributed by atoms with Crippen LogP contribution in [-0.2, 0) is 0 Å². The van der Waals surface area contributed by atoms with Gasteiger partial charge in [0.25, 0.3) is 0 Å². The fraction of sp³-hybridized carbons (Fsp3) is 0.750. The zero-order valence-corrected chi connectivity index (χ0v) is 8.83. The first kappa shape index (κ1) is 9.73. The number of fused-ring (bicyclic) bond motifs is 2. The Morgan fingerprint density at radius 3 is 2.64 bits per heavy atom. The monoisotopic (exact) mass is 191 g/mol. The van der Waals surface area contributed by atoms with Crippen LogP contribution in [-0.4, -0.2) is 11.2 Å². The van der Waals surface area contributed by atoms with Crippen molar-refractivity contribution in [2.75, 3.05) is 0 Å². The largest absolute Gasteiger partial charge is 0.393 e. The third-order valence-corrected chi connectivity index (χ3v) is 4.39. The van der Waals surface area contributed by atoms with Crippen molar-refractivity contribution in [2.24, 2.45) is 23.2 Å². The van der Waals surface area contributed by atoms with Crippen molar-refractivity contribution >= 4 is 0 Å². The lowest BCUT2D eigenvalue weighted by molar-refractivity contribution is 0.0372. The van der Waals surface area contributed by atoms with E-state index in [1.54, 1.807) is 0 Å². The van der Waals surface area contributed by atoms with E-state index in [-0.39, 0.29) is 17.4 Å². The minimum absolute atomic E-state index is 0.194. The molecule has 14 heavy (non-hydrogen) atoms. The maximum atomic E-state index is 9.86. The SMILES string of the molecule is C=C(C)C1(C#N)CC2CC1C(C)C2O. The minimum atomic E-state index is -0.344. The van der Waals surface area contributed by atoms with E-state index in [4.69, 9.17) is 0 Å². The zero-order valence-electron chi connectivity index (χ0n) is 8.83. The van der Waals surface area contributed by atoms with Crippen LogP contribution in [0.1, 0.15) is 26.7 Å². The molecule has 5 atom stereocenters. The van der Waals surface area contributed by atoms with Crippen LogP contribution in [0.3, 0.4) is 0 Å². The molecule has 0 heterocycles. The standard InChI is InChI=1S/C12H17NO/c1-7(2)12(6-13)5-9-4-10(12)8(3)11(9)14/h8-11,14H,1,4-5H2,2-3H3. The van der Waals surface area contributed by atoms with Gasteiger partial charge in [0.15, 0.2) is 0 Å². The summed E-state index contributed by atoms with van der Waals surface area (Å²) in [6.45, 7) is 7.96. The summed E-state index contributed by atoms with van der Waals surface area (Å²) in [6, 6.07) is 2.45. The molecule has 2 saturated carbocycles. The molecule has 2 aliphatic carbocycles. The van der Waals surface area contributed by atoms with Gasteiger partial charge in [-0.2, -0.15) is 5.26 Å². The van der Waals surface area contributed by atoms with Gasteiger partial charge in [0.2, 0.25) is 0 Å². The normalized spacial score (nSPS) is 50.4. The van der Waals surface area contributed by atoms with Gasteiger partial charge >= 0.3 is 0 Å². The quantitative estimate of drug-likeness (QED) is 0.645. The zero-order chi connectivity index (χ0) is 10.5. The molecule has 0 spiro atoms. The van der Waals surface area contributed by atoms with Gasteiger partial charge in [0.05, 0.1) is 17.6 Å². The number of allylic oxidation sites excluding steroid dienone is 1. The van der Waals surface area contributed by atoms with Crippen LogP contribution in [0.4, 0.5) is 0 Å². The summed E-state index contributed by atoms with van der Waals surface area (Å²) in [4.78, 5) is 0. The molecule has 2 fully saturated rings. The third-order valence-electron chi connectivity index (χ3n) is 4.39. The van der Waals surface area contributed by atoms with Gasteiger partial charge in [0.1, 0.15) is 0 Å². The average Bonchev–Trinajstić information content (AvgIpc) is 2.65. The molecule has 2 heteroatoms. The van der Waals surface area contributed by atoms with E-state index in [0.29, 0.717) is 11.8 Å². The average molecular weight is 191 g/mol. The first-order valence-electron chi connectivity index (χ1n) is 5.28. The van der Waals surface area contributed by atoms with Gasteiger partial charge in [-0.05, 0) is 37.5 Å². The van der Waals surface area contributed by atoms with Crippen LogP contribution in [0.15, 0.2) is 12.2 Å². The predicted molar refractivity (Wildman–Crippen MR) is 54.2 cm³/mol. The first-order valence-corrected chi connectivity index (χ1v) is 5.28. The molecule has 0 aromatic carbocycles. The van der Waals surface area contributed by atoms with Gasteiger partial charge in [0, 0.05) is 0 Å². The molecule has 2 rings (SSSR count). The Morgan fingerprint density at radius 2 is 2.29 bits per heavy atom. The second-order valence-corrected chi connectivity index (χ2v) is 5.02. The summed E-state index contributed by atoms with van der Waals surface area (Å²) < 4.78 is 0. The summed E-state index contributed by atoms with van der Waals surface area (Å²) >= 11 is 0. The highest BCUT2D eigenvalue weighted by atomic mass is 16.3. The van der Waals surface area contributed by atoms with Crippen molar-refractivity contribution in [2.45, 2.75) is 32.8 Å². The molecule has 0 aromatic rings. The van der Waals surface area contributed by atoms with Gasteiger partial charge in [-0.3, -0.25) is 0 Å². The third kappa shape index (κ3) is 0.938. The van der Waals surface area contributed by atoms with E-state index in [0.717, 1.165) is 18.4 Å². The molecule has 2 aliphatic rings. The van der Waals surface area contributed by atoms with Crippen molar-refractivity contribution in [3.63, 3.8) is 0 Å². The maximum Gasteiger partial charge on any atom is 0.0812 e. The lowest BCUT2D eigenvalue weighted by atomic mass is 9.65. The molecular weight excluding hydrogens is 174 g/mol. The Bertz CT molecular complexity index is 315. The van der Waals surface area contributed by atoms with Crippen LogP contribution >= 0.6 is 0 Å². The Kier molecular flexibility index (Phi) is 1.97. The molecule has 0 saturated heterocycles. The molecule has 5 unspecified atom stereocenters. The van der Waals surface area contributed by atoms with E-state index in [2.05, 4.69) is 19.6 Å². The molecule has 1 N–H and O–H groups in total. The van der Waals surface area contributed by atoms with Crippen LogP contribution in [0.25, 0.3) is 0 Å². The minimum Gasteiger partial charge on any atom is -0.393 e. The number of nitriles is 1. The van der Waals surface area contributed by atoms with Gasteiger partial charge in [-0.15, -0.1) is 0 Å². The second-order valence-electron chi connectivity index (χ2n) is 5.02. The highest BCUT2D eigenvalue weighted by molar-refractivity contribution is 5.28. The highest BCUT2D eigenvalue weighted by Gasteiger charge is 2.59. The van der Waals surface area contributed by atoms with Crippen molar-refractivity contribution in [1.82, 2.24) is 0 Å². The molecule has 0 radical (unpaired) electrons. The lowest BCUT2D eigenvalue weighted by Crippen LogP contribution is -2.38. The van der Waals surface area contributed by atoms with E-state index >= 15 is 0 Å². The van der Waals surface area contributed by atoms with E-state index < -0.39 is 0 Å². The molecule has 0 amide bonds. The highest BCUT2D eigenvalue weighted by Crippen LogP contribution is 2.60. The smallest absolute Gasteiger partial charge is 0.0812 e. The predicted octanol–water partition coefficient (Wildman–Crippen LogP) is 2.11. The Hall–Kier alpha value is -0.810. The van der Waals surface area contributed by atoms with E-state index in [1.807, 2.05) is 6.92 Å². The second kappa shape index (κ2) is 2.84. The molecule has 76 valence electrons. The van der Waals surface area contributed by atoms with Crippen molar-refractivity contribution in [3.8, 4) is 6.07 Å². The number of nitrogens with zero attached hydrogens (tertiary/aromatic N) is 1. The van der Waals surface area contributed by atoms with Crippen LogP contribution in [0.5, 0.6) is 0 Å². The number of aliphatic hydroxyl groups excluding tert-OH is 1. The molecule has 0 aromatic heterocycles. The molecule has 2 bridgehead atoms. The molecular formula is C12H17NO. The maximum absolute atomic E-state index is 9.86. The summed E-state index contributed by atoms with van der Waals surface area (Å²) in [5.41, 5.74) is 0.634. The number of aliphatic hydroxyl groups is 1. The van der Waals surface area contributed by atoms with Crippen LogP contribution < -0.4 is 0 Å². The fourth-order valence-electron chi connectivity index (χ4n) is 3.48. The Morgan fingerprint density at radius 1 is 1.64 bits per heavy atom.